The van der Waals surface area contributed by atoms with Crippen LogP contribution in [0.15, 0.2) is 27.0 Å². The number of hydrogen-bond donors (Lipinski definition) is 5. The predicted molar refractivity (Wildman–Crippen MR) is 92.6 cm³/mol. The van der Waals surface area contributed by atoms with Crippen LogP contribution in [0.4, 0.5) is 0 Å². The SMILES string of the molecule is [N-]=[N+]=NC1C[C@@H](n2ccc(=O)[nH]c2=O)O[C@H]1COP(=O)(O)OP(=O)(O)OP(=O)(O)O. The van der Waals surface area contributed by atoms with E-state index in [1.807, 2.05) is 4.98 Å². The van der Waals surface area contributed by atoms with E-state index in [0.717, 1.165) is 16.8 Å². The van der Waals surface area contributed by atoms with Crippen LogP contribution in [0.2, 0.25) is 0 Å². The molecule has 1 aliphatic rings. The lowest BCUT2D eigenvalue weighted by molar-refractivity contribution is -0.0267. The molecule has 30 heavy (non-hydrogen) atoms. The van der Waals surface area contributed by atoms with Crippen LogP contribution < -0.4 is 11.2 Å². The van der Waals surface area contributed by atoms with E-state index in [1.54, 1.807) is 0 Å². The molecule has 1 aromatic heterocycles. The lowest BCUT2D eigenvalue weighted by Gasteiger charge is -2.19. The van der Waals surface area contributed by atoms with Crippen LogP contribution in [-0.2, 0) is 31.6 Å². The molecule has 1 saturated heterocycles. The van der Waals surface area contributed by atoms with E-state index in [2.05, 4.69) is 23.2 Å². The van der Waals surface area contributed by atoms with Crippen LogP contribution in [0, 0.1) is 0 Å². The summed E-state index contributed by atoms with van der Waals surface area (Å²) in [4.78, 5) is 63.0. The summed E-state index contributed by atoms with van der Waals surface area (Å²) in [7, 11) is -16.7. The lowest BCUT2D eigenvalue weighted by atomic mass is 10.1. The van der Waals surface area contributed by atoms with Crippen LogP contribution in [0.25, 0.3) is 10.4 Å². The number of phosphoric ester groups is 1. The third kappa shape index (κ3) is 7.25. The average Bonchev–Trinajstić information content (AvgIpc) is 2.92. The smallest absolute Gasteiger partial charge is 0.352 e. The van der Waals surface area contributed by atoms with Crippen LogP contribution in [0.5, 0.6) is 0 Å². The Hall–Kier alpha value is -1.64. The van der Waals surface area contributed by atoms with E-state index in [1.165, 1.54) is 0 Å². The molecule has 0 aromatic carbocycles. The second kappa shape index (κ2) is 9.24. The van der Waals surface area contributed by atoms with E-state index in [0.29, 0.717) is 0 Å². The van der Waals surface area contributed by atoms with Crippen molar-refractivity contribution in [1.29, 1.82) is 0 Å². The van der Waals surface area contributed by atoms with Crippen molar-refractivity contribution in [3.63, 3.8) is 0 Å². The van der Waals surface area contributed by atoms with Crippen LogP contribution in [-0.4, -0.2) is 47.9 Å². The van der Waals surface area contributed by atoms with Crippen molar-refractivity contribution in [2.24, 2.45) is 5.11 Å². The molecule has 2 heterocycles. The first-order valence-electron chi connectivity index (χ1n) is 7.51. The van der Waals surface area contributed by atoms with E-state index >= 15 is 0 Å². The third-order valence-electron chi connectivity index (χ3n) is 3.38. The molecule has 0 spiro atoms. The predicted octanol–water partition coefficient (Wildman–Crippen LogP) is -0.154. The number of hydrogen-bond acceptors (Lipinski definition) is 10. The standard InChI is InChI=1S/C9H14N5O13P3/c10-13-12-5-3-8(14-2-1-7(15)11-9(14)16)25-6(5)4-24-29(20,21)27-30(22,23)26-28(17,18)19/h1-2,5-6,8H,3-4H2,(H,20,21)(H,22,23)(H,11,15,16)(H2,17,18,19)/t5?,6-,8-/m0/s1. The van der Waals surface area contributed by atoms with Gasteiger partial charge in [0.2, 0.25) is 0 Å². The molecular weight excluding hydrogens is 479 g/mol. The molecule has 3 unspecified atom stereocenters. The first-order chi connectivity index (χ1) is 13.7. The van der Waals surface area contributed by atoms with Gasteiger partial charge in [-0.3, -0.25) is 18.9 Å². The van der Waals surface area contributed by atoms with Gasteiger partial charge in [-0.25, -0.2) is 18.5 Å². The zero-order valence-electron chi connectivity index (χ0n) is 14.4. The molecule has 0 amide bonds. The molecule has 2 rings (SSSR count). The lowest BCUT2D eigenvalue weighted by Crippen LogP contribution is -2.31. The number of H-pyrrole nitrogens is 1. The summed E-state index contributed by atoms with van der Waals surface area (Å²) in [6.45, 7) is -0.873. The Morgan fingerprint density at radius 3 is 2.47 bits per heavy atom. The number of phosphoric acid groups is 3. The molecule has 0 bridgehead atoms. The maximum atomic E-state index is 11.8. The maximum Gasteiger partial charge on any atom is 0.490 e. The van der Waals surface area contributed by atoms with Crippen molar-refractivity contribution < 1.29 is 51.2 Å². The summed E-state index contributed by atoms with van der Waals surface area (Å²) < 4.78 is 51.6. The molecule has 5 N–H and O–H groups in total. The summed E-state index contributed by atoms with van der Waals surface area (Å²) >= 11 is 0. The fourth-order valence-electron chi connectivity index (χ4n) is 2.35. The first-order valence-corrected chi connectivity index (χ1v) is 12.0. The average molecular weight is 493 g/mol. The highest BCUT2D eigenvalue weighted by atomic mass is 31.3. The number of azide groups is 1. The van der Waals surface area contributed by atoms with E-state index in [4.69, 9.17) is 24.9 Å². The summed E-state index contributed by atoms with van der Waals surface area (Å²) in [5.41, 5.74) is 7.12. The molecule has 0 saturated carbocycles. The van der Waals surface area contributed by atoms with Gasteiger partial charge in [-0.1, -0.05) is 5.11 Å². The number of nitrogens with one attached hydrogen (secondary N) is 1. The van der Waals surface area contributed by atoms with Crippen LogP contribution in [0.3, 0.4) is 0 Å². The highest BCUT2D eigenvalue weighted by molar-refractivity contribution is 7.66. The molecule has 0 radical (unpaired) electrons. The monoisotopic (exact) mass is 493 g/mol. The van der Waals surface area contributed by atoms with Crippen LogP contribution >= 0.6 is 23.5 Å². The second-order valence-electron chi connectivity index (χ2n) is 5.54. The molecule has 1 fully saturated rings. The number of rotatable bonds is 9. The fourth-order valence-corrected chi connectivity index (χ4v) is 5.38. The second-order valence-corrected chi connectivity index (χ2v) is 9.96. The van der Waals surface area contributed by atoms with Gasteiger partial charge in [0.1, 0.15) is 6.23 Å². The Bertz CT molecular complexity index is 1090. The topological polar surface area (TPSA) is 273 Å². The largest absolute Gasteiger partial charge is 0.490 e. The van der Waals surface area contributed by atoms with Gasteiger partial charge in [0.05, 0.1) is 18.8 Å². The number of ether oxygens (including phenoxy) is 1. The number of nitrogens with zero attached hydrogens (tertiary/aromatic N) is 4. The van der Waals surface area contributed by atoms with Gasteiger partial charge in [0.25, 0.3) is 5.56 Å². The van der Waals surface area contributed by atoms with Gasteiger partial charge in [0.15, 0.2) is 0 Å². The zero-order valence-corrected chi connectivity index (χ0v) is 17.1. The summed E-state index contributed by atoms with van der Waals surface area (Å²) in [5.74, 6) is 0. The highest BCUT2D eigenvalue weighted by Crippen LogP contribution is 2.66. The Labute approximate surface area is 165 Å². The summed E-state index contributed by atoms with van der Waals surface area (Å²) in [6, 6.07) is -0.0155. The Kier molecular flexibility index (Phi) is 7.59. The highest BCUT2D eigenvalue weighted by Gasteiger charge is 2.43. The number of aromatic amines is 1. The Balaban J connectivity index is 2.10. The molecule has 168 valence electrons. The Morgan fingerprint density at radius 1 is 1.23 bits per heavy atom. The third-order valence-corrected chi connectivity index (χ3v) is 7.19. The normalized spacial score (nSPS) is 25.8. The van der Waals surface area contributed by atoms with Crippen molar-refractivity contribution in [1.82, 2.24) is 9.55 Å². The van der Waals surface area contributed by atoms with Gasteiger partial charge in [-0.05, 0) is 5.53 Å². The van der Waals surface area contributed by atoms with Crippen molar-refractivity contribution >= 4 is 23.5 Å². The summed E-state index contributed by atoms with van der Waals surface area (Å²) in [6.07, 6.45) is -1.33. The fraction of sp³-hybridized carbons (Fsp3) is 0.556. The van der Waals surface area contributed by atoms with Gasteiger partial charge in [-0.15, -0.1) is 0 Å². The van der Waals surface area contributed by atoms with E-state index in [-0.39, 0.29) is 6.42 Å². The molecule has 18 nitrogen and oxygen atoms in total. The van der Waals surface area contributed by atoms with Crippen molar-refractivity contribution in [2.75, 3.05) is 6.61 Å². The molecular formula is C9H14N5O13P3. The van der Waals surface area contributed by atoms with Gasteiger partial charge in [-0.2, -0.15) is 8.62 Å². The molecule has 21 heteroatoms. The maximum absolute atomic E-state index is 11.8. The van der Waals surface area contributed by atoms with Crippen LogP contribution in [0.1, 0.15) is 12.6 Å². The quantitative estimate of drug-likeness (QED) is 0.130. The van der Waals surface area contributed by atoms with E-state index < -0.39 is 59.7 Å². The minimum atomic E-state index is -5.70. The number of aromatic nitrogens is 2. The first kappa shape index (κ1) is 24.6. The summed E-state index contributed by atoms with van der Waals surface area (Å²) in [5, 5.41) is 3.40. The molecule has 1 aliphatic heterocycles. The van der Waals surface area contributed by atoms with Crippen molar-refractivity contribution in [3.8, 4) is 0 Å². The Morgan fingerprint density at radius 2 is 1.90 bits per heavy atom. The minimum absolute atomic E-state index is 0.111. The molecule has 5 atom stereocenters. The molecule has 0 aliphatic carbocycles. The van der Waals surface area contributed by atoms with E-state index in [9.17, 15) is 28.2 Å². The molecule has 1 aromatic rings. The minimum Gasteiger partial charge on any atom is -0.352 e. The van der Waals surface area contributed by atoms with Gasteiger partial charge in [0, 0.05) is 23.6 Å². The van der Waals surface area contributed by atoms with Gasteiger partial charge >= 0.3 is 29.2 Å². The van der Waals surface area contributed by atoms with Crippen molar-refractivity contribution in [2.45, 2.75) is 24.8 Å². The zero-order chi connectivity index (χ0) is 22.7. The van der Waals surface area contributed by atoms with Crippen molar-refractivity contribution in [3.05, 3.63) is 43.5 Å². The van der Waals surface area contributed by atoms with Gasteiger partial charge < -0.3 is 24.3 Å².